The average molecular weight is 417 g/mol. The van der Waals surface area contributed by atoms with Crippen LogP contribution in [0.15, 0.2) is 57.8 Å². The van der Waals surface area contributed by atoms with Gasteiger partial charge in [0.15, 0.2) is 0 Å². The molecule has 4 rings (SSSR count). The van der Waals surface area contributed by atoms with Gasteiger partial charge in [-0.05, 0) is 37.6 Å². The van der Waals surface area contributed by atoms with Crippen molar-refractivity contribution in [2.75, 3.05) is 0 Å². The molecule has 0 saturated carbocycles. The summed E-state index contributed by atoms with van der Waals surface area (Å²) < 4.78 is 1.79. The molecular weight excluding hydrogens is 394 g/mol. The molecule has 3 aromatic rings. The Morgan fingerprint density at radius 2 is 2.03 bits per heavy atom. The van der Waals surface area contributed by atoms with Crippen molar-refractivity contribution < 1.29 is 15.0 Å². The van der Waals surface area contributed by atoms with Gasteiger partial charge in [-0.1, -0.05) is 24.3 Å². The van der Waals surface area contributed by atoms with Crippen LogP contribution < -0.4 is 5.43 Å². The lowest BCUT2D eigenvalue weighted by Gasteiger charge is -2.12. The summed E-state index contributed by atoms with van der Waals surface area (Å²) in [6.07, 6.45) is 2.50. The van der Waals surface area contributed by atoms with E-state index in [0.717, 1.165) is 22.2 Å². The van der Waals surface area contributed by atoms with E-state index in [2.05, 4.69) is 20.7 Å². The molecule has 1 aromatic heterocycles. The van der Waals surface area contributed by atoms with Gasteiger partial charge in [0.05, 0.1) is 28.7 Å². The first kappa shape index (κ1) is 20.3. The number of rotatable bonds is 5. The largest absolute Gasteiger partial charge is 0.507 e. The van der Waals surface area contributed by atoms with E-state index in [9.17, 15) is 15.0 Å². The second kappa shape index (κ2) is 8.43. The molecule has 0 bridgehead atoms. The number of para-hydroxylation sites is 1. The Morgan fingerprint density at radius 3 is 2.74 bits per heavy atom. The highest BCUT2D eigenvalue weighted by atomic mass is 16.3. The first-order chi connectivity index (χ1) is 15.0. The van der Waals surface area contributed by atoms with Gasteiger partial charge in [-0.25, -0.2) is 5.43 Å². The van der Waals surface area contributed by atoms with Crippen LogP contribution in [-0.4, -0.2) is 38.3 Å². The van der Waals surface area contributed by atoms with Crippen molar-refractivity contribution in [3.8, 4) is 11.6 Å². The van der Waals surface area contributed by atoms with Crippen molar-refractivity contribution in [1.82, 2.24) is 9.99 Å². The fraction of sp³-hybridized carbons (Fsp3) is 0.217. The Balaban J connectivity index is 1.71. The van der Waals surface area contributed by atoms with Gasteiger partial charge in [-0.2, -0.15) is 15.3 Å². The topological polar surface area (TPSA) is 112 Å². The molecule has 8 heteroatoms. The van der Waals surface area contributed by atoms with Gasteiger partial charge in [0.1, 0.15) is 5.75 Å². The highest BCUT2D eigenvalue weighted by Gasteiger charge is 2.18. The summed E-state index contributed by atoms with van der Waals surface area (Å²) in [5, 5.41) is 34.0. The van der Waals surface area contributed by atoms with Gasteiger partial charge >= 0.3 is 0 Å². The zero-order valence-electron chi connectivity index (χ0n) is 17.3. The molecule has 0 unspecified atom stereocenters. The number of aromatic nitrogens is 1. The van der Waals surface area contributed by atoms with Crippen molar-refractivity contribution >= 4 is 34.4 Å². The maximum absolute atomic E-state index is 11.4. The standard InChI is InChI=1S/C23H23N5O3/c1-3-28-20-12-15(19-10-11-22(30)27-26-19)8-9-17(20)18(23(28)31)13-24-25-14(2)16-6-4-5-7-21(16)29/h4-9,12-13,29,31H,3,10-11H2,1-2H3,(H,27,30)/b24-13+,25-14?. The van der Waals surface area contributed by atoms with Crippen molar-refractivity contribution in [3.63, 3.8) is 0 Å². The SMILES string of the molecule is CCn1c(O)c(/C=N/N=C(C)c2ccccc2O)c2ccc(C3=NNC(=O)CC3)cc21. The van der Waals surface area contributed by atoms with Crippen LogP contribution in [-0.2, 0) is 11.3 Å². The zero-order chi connectivity index (χ0) is 22.0. The summed E-state index contributed by atoms with van der Waals surface area (Å²) in [5.41, 5.74) is 6.80. The van der Waals surface area contributed by atoms with Crippen LogP contribution in [0.5, 0.6) is 11.6 Å². The zero-order valence-corrected chi connectivity index (χ0v) is 17.3. The Morgan fingerprint density at radius 1 is 1.23 bits per heavy atom. The third-order valence-electron chi connectivity index (χ3n) is 5.32. The monoisotopic (exact) mass is 417 g/mol. The molecular formula is C23H23N5O3. The second-order valence-corrected chi connectivity index (χ2v) is 7.25. The highest BCUT2D eigenvalue weighted by Crippen LogP contribution is 2.31. The van der Waals surface area contributed by atoms with E-state index in [1.165, 1.54) is 6.21 Å². The number of amides is 1. The van der Waals surface area contributed by atoms with Crippen LogP contribution in [0.2, 0.25) is 0 Å². The molecule has 8 nitrogen and oxygen atoms in total. The van der Waals surface area contributed by atoms with Crippen LogP contribution in [0, 0.1) is 0 Å². The first-order valence-corrected chi connectivity index (χ1v) is 10.1. The van der Waals surface area contributed by atoms with Gasteiger partial charge < -0.3 is 14.8 Å². The lowest BCUT2D eigenvalue weighted by Crippen LogP contribution is -2.25. The lowest BCUT2D eigenvalue weighted by molar-refractivity contribution is -0.121. The quantitative estimate of drug-likeness (QED) is 0.436. The van der Waals surface area contributed by atoms with Crippen LogP contribution in [0.1, 0.15) is 43.4 Å². The van der Waals surface area contributed by atoms with Crippen LogP contribution in [0.3, 0.4) is 0 Å². The normalized spacial score (nSPS) is 14.8. The molecule has 1 aliphatic heterocycles. The van der Waals surface area contributed by atoms with Gasteiger partial charge in [-0.3, -0.25) is 4.79 Å². The number of nitrogens with one attached hydrogen (secondary N) is 1. The summed E-state index contributed by atoms with van der Waals surface area (Å²) in [4.78, 5) is 11.4. The van der Waals surface area contributed by atoms with E-state index in [4.69, 9.17) is 0 Å². The molecule has 31 heavy (non-hydrogen) atoms. The minimum Gasteiger partial charge on any atom is -0.507 e. The summed E-state index contributed by atoms with van der Waals surface area (Å²) in [5.74, 6) is 0.156. The number of aromatic hydroxyl groups is 2. The van der Waals surface area contributed by atoms with Crippen molar-refractivity contribution in [3.05, 3.63) is 59.2 Å². The van der Waals surface area contributed by atoms with E-state index in [0.29, 0.717) is 36.2 Å². The molecule has 1 aliphatic rings. The van der Waals surface area contributed by atoms with Crippen LogP contribution in [0.4, 0.5) is 0 Å². The molecule has 2 aromatic carbocycles. The smallest absolute Gasteiger partial charge is 0.240 e. The van der Waals surface area contributed by atoms with Crippen LogP contribution in [0.25, 0.3) is 10.9 Å². The van der Waals surface area contributed by atoms with E-state index in [1.54, 1.807) is 29.7 Å². The lowest BCUT2D eigenvalue weighted by atomic mass is 10.0. The summed E-state index contributed by atoms with van der Waals surface area (Å²) in [6, 6.07) is 12.7. The van der Waals surface area contributed by atoms with E-state index < -0.39 is 0 Å². The number of hydrogen-bond donors (Lipinski definition) is 3. The van der Waals surface area contributed by atoms with Crippen molar-refractivity contribution in [2.45, 2.75) is 33.2 Å². The first-order valence-electron chi connectivity index (χ1n) is 10.1. The number of phenolic OH excluding ortho intramolecular Hbond substituents is 1. The predicted octanol–water partition coefficient (Wildman–Crippen LogP) is 3.53. The summed E-state index contributed by atoms with van der Waals surface area (Å²) in [6.45, 7) is 4.28. The number of nitrogens with zero attached hydrogens (tertiary/aromatic N) is 4. The van der Waals surface area contributed by atoms with Crippen molar-refractivity contribution in [1.29, 1.82) is 0 Å². The molecule has 2 heterocycles. The van der Waals surface area contributed by atoms with Gasteiger partial charge in [0.2, 0.25) is 11.8 Å². The predicted molar refractivity (Wildman–Crippen MR) is 121 cm³/mol. The number of hydrogen-bond acceptors (Lipinski definition) is 6. The Bertz CT molecular complexity index is 1250. The molecule has 158 valence electrons. The van der Waals surface area contributed by atoms with E-state index >= 15 is 0 Å². The third-order valence-corrected chi connectivity index (χ3v) is 5.32. The molecule has 0 atom stereocenters. The number of phenols is 1. The molecule has 0 saturated heterocycles. The third kappa shape index (κ3) is 3.92. The number of fused-ring (bicyclic) bond motifs is 1. The van der Waals surface area contributed by atoms with E-state index in [1.807, 2.05) is 31.2 Å². The number of benzene rings is 2. The fourth-order valence-corrected chi connectivity index (χ4v) is 3.68. The van der Waals surface area contributed by atoms with Gasteiger partial charge in [0.25, 0.3) is 0 Å². The highest BCUT2D eigenvalue weighted by molar-refractivity contribution is 6.09. The number of hydrazone groups is 1. The van der Waals surface area contributed by atoms with E-state index in [-0.39, 0.29) is 17.5 Å². The fourth-order valence-electron chi connectivity index (χ4n) is 3.68. The Hall–Kier alpha value is -3.94. The minimum absolute atomic E-state index is 0.0856. The van der Waals surface area contributed by atoms with Gasteiger partial charge in [0, 0.05) is 30.3 Å². The van der Waals surface area contributed by atoms with Crippen molar-refractivity contribution in [2.24, 2.45) is 15.3 Å². The number of carbonyl (C=O) groups excluding carboxylic acids is 1. The summed E-state index contributed by atoms with van der Waals surface area (Å²) in [7, 11) is 0. The van der Waals surface area contributed by atoms with Gasteiger partial charge in [-0.15, -0.1) is 0 Å². The molecule has 0 spiro atoms. The minimum atomic E-state index is -0.0856. The molecule has 0 radical (unpaired) electrons. The van der Waals surface area contributed by atoms with Crippen LogP contribution >= 0.6 is 0 Å². The Labute approximate surface area is 179 Å². The molecule has 1 amide bonds. The second-order valence-electron chi connectivity index (χ2n) is 7.25. The number of carbonyl (C=O) groups is 1. The molecule has 0 fully saturated rings. The maximum Gasteiger partial charge on any atom is 0.240 e. The number of aryl methyl sites for hydroxylation is 1. The molecule has 3 N–H and O–H groups in total. The molecule has 0 aliphatic carbocycles. The average Bonchev–Trinajstić information content (AvgIpc) is 3.04. The summed E-state index contributed by atoms with van der Waals surface area (Å²) >= 11 is 0. The maximum atomic E-state index is 11.4. The Kier molecular flexibility index (Phi) is 5.53.